The molecule has 102 valence electrons. The van der Waals surface area contributed by atoms with Gasteiger partial charge >= 0.3 is 0 Å². The number of nitrogens with zero attached hydrogens (tertiary/aromatic N) is 1. The van der Waals surface area contributed by atoms with Crippen molar-refractivity contribution in [3.63, 3.8) is 0 Å². The standard InChI is InChI=1S/C12H20N2O3S/c1-9(15)7-8-14(3)18(16,17)12-6-4-5-11(13)10(12)2/h4-6,9,15H,7-8,13H2,1-3H3. The van der Waals surface area contributed by atoms with E-state index in [0.29, 0.717) is 17.7 Å². The van der Waals surface area contributed by atoms with Gasteiger partial charge in [0.2, 0.25) is 10.0 Å². The maximum atomic E-state index is 12.3. The van der Waals surface area contributed by atoms with Crippen molar-refractivity contribution in [3.8, 4) is 0 Å². The highest BCUT2D eigenvalue weighted by atomic mass is 32.2. The summed E-state index contributed by atoms with van der Waals surface area (Å²) in [6, 6.07) is 4.84. The second kappa shape index (κ2) is 5.69. The van der Waals surface area contributed by atoms with E-state index in [1.165, 1.54) is 11.4 Å². The SMILES string of the molecule is Cc1c(N)cccc1S(=O)(=O)N(C)CCC(C)O. The number of nitrogen functional groups attached to an aromatic ring is 1. The van der Waals surface area contributed by atoms with Gasteiger partial charge in [-0.05, 0) is 38.0 Å². The van der Waals surface area contributed by atoms with Crippen molar-refractivity contribution in [2.45, 2.75) is 31.3 Å². The zero-order valence-corrected chi connectivity index (χ0v) is 11.7. The van der Waals surface area contributed by atoms with Crippen LogP contribution in [0.3, 0.4) is 0 Å². The lowest BCUT2D eigenvalue weighted by Crippen LogP contribution is -2.30. The third-order valence-corrected chi connectivity index (χ3v) is 4.88. The number of nitrogens with two attached hydrogens (primary N) is 1. The Bertz CT molecular complexity index is 512. The van der Waals surface area contributed by atoms with Crippen molar-refractivity contribution >= 4 is 15.7 Å². The van der Waals surface area contributed by atoms with Gasteiger partial charge in [0.15, 0.2) is 0 Å². The van der Waals surface area contributed by atoms with Gasteiger partial charge in [-0.25, -0.2) is 12.7 Å². The molecule has 0 fully saturated rings. The van der Waals surface area contributed by atoms with Gasteiger partial charge < -0.3 is 10.8 Å². The fourth-order valence-electron chi connectivity index (χ4n) is 1.57. The van der Waals surface area contributed by atoms with Gasteiger partial charge in [0.1, 0.15) is 0 Å². The third kappa shape index (κ3) is 3.22. The van der Waals surface area contributed by atoms with Gasteiger partial charge in [0, 0.05) is 19.3 Å². The van der Waals surface area contributed by atoms with Crippen LogP contribution in [0.4, 0.5) is 5.69 Å². The summed E-state index contributed by atoms with van der Waals surface area (Å²) in [7, 11) is -2.05. The molecule has 0 aliphatic heterocycles. The first kappa shape index (κ1) is 14.9. The van der Waals surface area contributed by atoms with Crippen molar-refractivity contribution in [1.29, 1.82) is 0 Å². The Balaban J connectivity index is 3.02. The molecule has 6 heteroatoms. The van der Waals surface area contributed by atoms with Crippen LogP contribution in [0.15, 0.2) is 23.1 Å². The molecule has 1 atom stereocenters. The lowest BCUT2D eigenvalue weighted by Gasteiger charge is -2.19. The maximum absolute atomic E-state index is 12.3. The number of hydrogen-bond acceptors (Lipinski definition) is 4. The summed E-state index contributed by atoms with van der Waals surface area (Å²) >= 11 is 0. The first-order valence-electron chi connectivity index (χ1n) is 5.76. The number of aliphatic hydroxyl groups excluding tert-OH is 1. The molecule has 0 radical (unpaired) electrons. The Morgan fingerprint density at radius 1 is 1.44 bits per heavy atom. The van der Waals surface area contributed by atoms with Gasteiger partial charge in [-0.15, -0.1) is 0 Å². The van der Waals surface area contributed by atoms with Crippen LogP contribution in [0.2, 0.25) is 0 Å². The van der Waals surface area contributed by atoms with Crippen LogP contribution < -0.4 is 5.73 Å². The molecule has 0 spiro atoms. The Morgan fingerprint density at radius 2 is 2.06 bits per heavy atom. The minimum absolute atomic E-state index is 0.218. The van der Waals surface area contributed by atoms with Crippen LogP contribution in [0, 0.1) is 6.92 Å². The van der Waals surface area contributed by atoms with Gasteiger partial charge in [-0.3, -0.25) is 0 Å². The summed E-state index contributed by atoms with van der Waals surface area (Å²) in [5.41, 5.74) is 6.73. The highest BCUT2D eigenvalue weighted by Crippen LogP contribution is 2.23. The van der Waals surface area contributed by atoms with Crippen molar-refractivity contribution in [2.75, 3.05) is 19.3 Å². The van der Waals surface area contributed by atoms with E-state index in [0.717, 1.165) is 0 Å². The molecule has 0 amide bonds. The molecule has 0 saturated heterocycles. The Kier molecular flexibility index (Phi) is 4.72. The van der Waals surface area contributed by atoms with Gasteiger partial charge in [0.25, 0.3) is 0 Å². The molecule has 0 bridgehead atoms. The lowest BCUT2D eigenvalue weighted by atomic mass is 10.2. The molecule has 5 nitrogen and oxygen atoms in total. The number of aliphatic hydroxyl groups is 1. The molecular weight excluding hydrogens is 252 g/mol. The van der Waals surface area contributed by atoms with Crippen LogP contribution in [0.1, 0.15) is 18.9 Å². The maximum Gasteiger partial charge on any atom is 0.243 e. The fraction of sp³-hybridized carbons (Fsp3) is 0.500. The second-order valence-corrected chi connectivity index (χ2v) is 6.45. The molecule has 0 aliphatic rings. The molecule has 0 aromatic heterocycles. The van der Waals surface area contributed by atoms with E-state index < -0.39 is 16.1 Å². The van der Waals surface area contributed by atoms with Crippen molar-refractivity contribution in [2.24, 2.45) is 0 Å². The zero-order valence-electron chi connectivity index (χ0n) is 10.9. The van der Waals surface area contributed by atoms with Crippen LogP contribution in [0.25, 0.3) is 0 Å². The molecule has 18 heavy (non-hydrogen) atoms. The van der Waals surface area contributed by atoms with Crippen molar-refractivity contribution in [3.05, 3.63) is 23.8 Å². The first-order chi connectivity index (χ1) is 8.26. The number of rotatable bonds is 5. The highest BCUT2D eigenvalue weighted by molar-refractivity contribution is 7.89. The van der Waals surface area contributed by atoms with Crippen LogP contribution >= 0.6 is 0 Å². The third-order valence-electron chi connectivity index (χ3n) is 2.88. The van der Waals surface area contributed by atoms with Crippen molar-refractivity contribution < 1.29 is 13.5 Å². The van der Waals surface area contributed by atoms with Crippen LogP contribution in [-0.2, 0) is 10.0 Å². The second-order valence-electron chi connectivity index (χ2n) is 4.43. The summed E-state index contributed by atoms with van der Waals surface area (Å²) < 4.78 is 25.9. The molecule has 1 rings (SSSR count). The number of sulfonamides is 1. The molecule has 3 N–H and O–H groups in total. The predicted molar refractivity (Wildman–Crippen MR) is 71.7 cm³/mol. The van der Waals surface area contributed by atoms with E-state index in [1.807, 2.05) is 0 Å². The summed E-state index contributed by atoms with van der Waals surface area (Å²) in [4.78, 5) is 0.218. The topological polar surface area (TPSA) is 83.6 Å². The molecule has 1 aromatic rings. The molecule has 0 aliphatic carbocycles. The largest absolute Gasteiger partial charge is 0.398 e. The molecule has 0 saturated carbocycles. The summed E-state index contributed by atoms with van der Waals surface area (Å²) in [6.07, 6.45) is -0.124. The van der Waals surface area contributed by atoms with Gasteiger partial charge in [-0.2, -0.15) is 0 Å². The van der Waals surface area contributed by atoms with Crippen molar-refractivity contribution in [1.82, 2.24) is 4.31 Å². The Labute approximate surface area is 108 Å². The normalized spacial score (nSPS) is 13.8. The Hall–Kier alpha value is -1.11. The molecule has 0 heterocycles. The van der Waals surface area contributed by atoms with E-state index in [9.17, 15) is 13.5 Å². The predicted octanol–water partition coefficient (Wildman–Crippen LogP) is 0.969. The summed E-state index contributed by atoms with van der Waals surface area (Å²) in [5.74, 6) is 0. The lowest BCUT2D eigenvalue weighted by molar-refractivity contribution is 0.177. The first-order valence-corrected chi connectivity index (χ1v) is 7.20. The van der Waals surface area contributed by atoms with E-state index in [1.54, 1.807) is 32.0 Å². The molecule has 1 aromatic carbocycles. The Morgan fingerprint density at radius 3 is 2.61 bits per heavy atom. The summed E-state index contributed by atoms with van der Waals surface area (Å²) in [5, 5.41) is 9.19. The summed E-state index contributed by atoms with van der Waals surface area (Å²) in [6.45, 7) is 3.59. The molecule has 1 unspecified atom stereocenters. The molecular formula is C12H20N2O3S. The fourth-order valence-corrected chi connectivity index (χ4v) is 3.00. The van der Waals surface area contributed by atoms with Crippen LogP contribution in [0.5, 0.6) is 0 Å². The minimum atomic E-state index is -3.55. The number of benzene rings is 1. The van der Waals surface area contributed by atoms with E-state index >= 15 is 0 Å². The van der Waals surface area contributed by atoms with E-state index in [-0.39, 0.29) is 11.4 Å². The quantitative estimate of drug-likeness (QED) is 0.782. The van der Waals surface area contributed by atoms with Crippen LogP contribution in [-0.4, -0.2) is 37.5 Å². The zero-order chi connectivity index (χ0) is 13.9. The van der Waals surface area contributed by atoms with Gasteiger partial charge in [0.05, 0.1) is 11.0 Å². The smallest absolute Gasteiger partial charge is 0.243 e. The minimum Gasteiger partial charge on any atom is -0.398 e. The van der Waals surface area contributed by atoms with E-state index in [4.69, 9.17) is 5.73 Å². The monoisotopic (exact) mass is 272 g/mol. The number of anilines is 1. The highest BCUT2D eigenvalue weighted by Gasteiger charge is 2.23. The average Bonchev–Trinajstić information content (AvgIpc) is 2.29. The van der Waals surface area contributed by atoms with Gasteiger partial charge in [-0.1, -0.05) is 6.07 Å². The van der Waals surface area contributed by atoms with E-state index in [2.05, 4.69) is 0 Å². The number of hydrogen-bond donors (Lipinski definition) is 2. The average molecular weight is 272 g/mol.